The SMILES string of the molecule is CC1CC1c1c(C=O)cnn1C. The number of aromatic nitrogens is 2. The van der Waals surface area contributed by atoms with E-state index in [2.05, 4.69) is 12.0 Å². The molecule has 0 bridgehead atoms. The lowest BCUT2D eigenvalue weighted by molar-refractivity contribution is 0.112. The first-order chi connectivity index (χ1) is 5.74. The Hall–Kier alpha value is -1.12. The van der Waals surface area contributed by atoms with Crippen molar-refractivity contribution in [2.24, 2.45) is 13.0 Å². The maximum absolute atomic E-state index is 10.6. The van der Waals surface area contributed by atoms with Gasteiger partial charge >= 0.3 is 0 Å². The van der Waals surface area contributed by atoms with Crippen LogP contribution in [0.15, 0.2) is 6.20 Å². The summed E-state index contributed by atoms with van der Waals surface area (Å²) in [7, 11) is 1.90. The molecule has 2 atom stereocenters. The number of aryl methyl sites for hydroxylation is 1. The van der Waals surface area contributed by atoms with Gasteiger partial charge < -0.3 is 0 Å². The maximum atomic E-state index is 10.6. The molecule has 0 radical (unpaired) electrons. The smallest absolute Gasteiger partial charge is 0.153 e. The van der Waals surface area contributed by atoms with E-state index in [4.69, 9.17) is 0 Å². The van der Waals surface area contributed by atoms with Gasteiger partial charge in [-0.25, -0.2) is 0 Å². The predicted molar refractivity (Wildman–Crippen MR) is 45.1 cm³/mol. The quantitative estimate of drug-likeness (QED) is 0.618. The minimum atomic E-state index is 0.567. The van der Waals surface area contributed by atoms with Gasteiger partial charge in [-0.15, -0.1) is 0 Å². The summed E-state index contributed by atoms with van der Waals surface area (Å²) in [5, 5.41) is 4.07. The number of carbonyl (C=O) groups excluding carboxylic acids is 1. The third kappa shape index (κ3) is 0.967. The van der Waals surface area contributed by atoms with Crippen LogP contribution in [0.4, 0.5) is 0 Å². The van der Waals surface area contributed by atoms with Crippen LogP contribution in [0.2, 0.25) is 0 Å². The van der Waals surface area contributed by atoms with Crippen LogP contribution >= 0.6 is 0 Å². The molecule has 1 saturated carbocycles. The molecule has 1 heterocycles. The zero-order chi connectivity index (χ0) is 8.72. The first-order valence-electron chi connectivity index (χ1n) is 4.21. The average Bonchev–Trinajstić information content (AvgIpc) is 2.62. The highest BCUT2D eigenvalue weighted by molar-refractivity contribution is 5.76. The van der Waals surface area contributed by atoms with Crippen molar-refractivity contribution >= 4 is 6.29 Å². The van der Waals surface area contributed by atoms with Gasteiger partial charge in [-0.1, -0.05) is 6.92 Å². The lowest BCUT2D eigenvalue weighted by atomic mass is 10.1. The van der Waals surface area contributed by atoms with Crippen molar-refractivity contribution in [3.8, 4) is 0 Å². The molecule has 1 fully saturated rings. The highest BCUT2D eigenvalue weighted by Crippen LogP contribution is 2.47. The van der Waals surface area contributed by atoms with Crippen molar-refractivity contribution < 1.29 is 4.79 Å². The Bertz CT molecular complexity index is 316. The van der Waals surface area contributed by atoms with Gasteiger partial charge in [-0.3, -0.25) is 9.48 Å². The summed E-state index contributed by atoms with van der Waals surface area (Å²) in [5.74, 6) is 1.29. The van der Waals surface area contributed by atoms with Crippen LogP contribution in [0.5, 0.6) is 0 Å². The molecule has 64 valence electrons. The van der Waals surface area contributed by atoms with E-state index in [0.29, 0.717) is 5.92 Å². The van der Waals surface area contributed by atoms with Crippen molar-refractivity contribution in [3.05, 3.63) is 17.5 Å². The lowest BCUT2D eigenvalue weighted by Crippen LogP contribution is -1.98. The van der Waals surface area contributed by atoms with Gasteiger partial charge in [0.05, 0.1) is 17.5 Å². The van der Waals surface area contributed by atoms with E-state index in [1.54, 1.807) is 6.20 Å². The number of rotatable bonds is 2. The van der Waals surface area contributed by atoms with Gasteiger partial charge in [0.2, 0.25) is 0 Å². The van der Waals surface area contributed by atoms with Crippen molar-refractivity contribution in [1.82, 2.24) is 9.78 Å². The summed E-state index contributed by atoms with van der Waals surface area (Å²) in [6, 6.07) is 0. The Balaban J connectivity index is 2.39. The molecule has 1 aromatic rings. The zero-order valence-corrected chi connectivity index (χ0v) is 7.32. The van der Waals surface area contributed by atoms with Gasteiger partial charge in [0.15, 0.2) is 6.29 Å². The highest BCUT2D eigenvalue weighted by Gasteiger charge is 2.37. The van der Waals surface area contributed by atoms with Gasteiger partial charge in [0.1, 0.15) is 0 Å². The summed E-state index contributed by atoms with van der Waals surface area (Å²) >= 11 is 0. The summed E-state index contributed by atoms with van der Waals surface area (Å²) in [4.78, 5) is 10.6. The first-order valence-corrected chi connectivity index (χ1v) is 4.21. The molecule has 0 N–H and O–H groups in total. The Labute approximate surface area is 71.4 Å². The minimum Gasteiger partial charge on any atom is -0.298 e. The molecule has 0 spiro atoms. The molecule has 3 heteroatoms. The van der Waals surface area contributed by atoms with Crippen molar-refractivity contribution in [2.75, 3.05) is 0 Å². The second kappa shape index (κ2) is 2.44. The molecule has 3 nitrogen and oxygen atoms in total. The molecule has 1 aliphatic carbocycles. The molecule has 2 rings (SSSR count). The maximum Gasteiger partial charge on any atom is 0.153 e. The van der Waals surface area contributed by atoms with E-state index in [-0.39, 0.29) is 0 Å². The van der Waals surface area contributed by atoms with Crippen LogP contribution in [0, 0.1) is 5.92 Å². The van der Waals surface area contributed by atoms with Crippen LogP contribution in [0.1, 0.15) is 35.3 Å². The molecule has 0 saturated heterocycles. The molecule has 1 aliphatic rings. The highest BCUT2D eigenvalue weighted by atomic mass is 16.1. The third-order valence-electron chi connectivity index (χ3n) is 2.60. The van der Waals surface area contributed by atoms with Crippen molar-refractivity contribution in [3.63, 3.8) is 0 Å². The zero-order valence-electron chi connectivity index (χ0n) is 7.32. The van der Waals surface area contributed by atoms with Crippen LogP contribution in [0.3, 0.4) is 0 Å². The minimum absolute atomic E-state index is 0.567. The number of aldehydes is 1. The molecule has 12 heavy (non-hydrogen) atoms. The fourth-order valence-electron chi connectivity index (χ4n) is 1.71. The molecule has 0 aliphatic heterocycles. The van der Waals surface area contributed by atoms with E-state index in [1.165, 1.54) is 6.42 Å². The Morgan fingerprint density at radius 3 is 2.92 bits per heavy atom. The van der Waals surface area contributed by atoms with E-state index >= 15 is 0 Å². The van der Waals surface area contributed by atoms with Gasteiger partial charge in [0.25, 0.3) is 0 Å². The summed E-state index contributed by atoms with van der Waals surface area (Å²) in [5.41, 5.74) is 1.87. The third-order valence-corrected chi connectivity index (χ3v) is 2.60. The number of hydrogen-bond donors (Lipinski definition) is 0. The van der Waals surface area contributed by atoms with Crippen molar-refractivity contribution in [2.45, 2.75) is 19.3 Å². The van der Waals surface area contributed by atoms with Gasteiger partial charge in [-0.05, 0) is 12.3 Å². The van der Waals surface area contributed by atoms with Crippen LogP contribution < -0.4 is 0 Å². The van der Waals surface area contributed by atoms with Crippen LogP contribution in [0.25, 0.3) is 0 Å². The second-order valence-electron chi connectivity index (χ2n) is 3.55. The summed E-state index contributed by atoms with van der Waals surface area (Å²) < 4.78 is 1.82. The Morgan fingerprint density at radius 2 is 2.42 bits per heavy atom. The predicted octanol–water partition coefficient (Wildman–Crippen LogP) is 1.36. The Kier molecular flexibility index (Phi) is 1.53. The lowest BCUT2D eigenvalue weighted by Gasteiger charge is -1.99. The summed E-state index contributed by atoms with van der Waals surface area (Å²) in [6.07, 6.45) is 3.74. The van der Waals surface area contributed by atoms with E-state index < -0.39 is 0 Å². The fourth-order valence-corrected chi connectivity index (χ4v) is 1.71. The monoisotopic (exact) mass is 164 g/mol. The summed E-state index contributed by atoms with van der Waals surface area (Å²) in [6.45, 7) is 2.20. The number of carbonyl (C=O) groups is 1. The number of hydrogen-bond acceptors (Lipinski definition) is 2. The number of nitrogens with zero attached hydrogens (tertiary/aromatic N) is 2. The molecule has 2 unspecified atom stereocenters. The van der Waals surface area contributed by atoms with E-state index in [1.807, 2.05) is 11.7 Å². The standard InChI is InChI=1S/C9H12N2O/c1-6-3-8(6)9-7(5-12)4-10-11(9)2/h4-6,8H,3H2,1-2H3. The fraction of sp³-hybridized carbons (Fsp3) is 0.556. The topological polar surface area (TPSA) is 34.9 Å². The van der Waals surface area contributed by atoms with Gasteiger partial charge in [0, 0.05) is 13.0 Å². The second-order valence-corrected chi connectivity index (χ2v) is 3.55. The first kappa shape index (κ1) is 7.53. The average molecular weight is 164 g/mol. The molecular formula is C9H12N2O. The molecule has 0 aromatic carbocycles. The largest absolute Gasteiger partial charge is 0.298 e. The molecular weight excluding hydrogens is 152 g/mol. The molecule has 0 amide bonds. The molecule has 1 aromatic heterocycles. The van der Waals surface area contributed by atoms with Crippen LogP contribution in [-0.2, 0) is 7.05 Å². The van der Waals surface area contributed by atoms with E-state index in [0.717, 1.165) is 23.5 Å². The van der Waals surface area contributed by atoms with Crippen LogP contribution in [-0.4, -0.2) is 16.1 Å². The van der Waals surface area contributed by atoms with Gasteiger partial charge in [-0.2, -0.15) is 5.10 Å². The normalized spacial score (nSPS) is 27.2. The Morgan fingerprint density at radius 1 is 1.75 bits per heavy atom. The van der Waals surface area contributed by atoms with E-state index in [9.17, 15) is 4.79 Å². The van der Waals surface area contributed by atoms with Crippen molar-refractivity contribution in [1.29, 1.82) is 0 Å².